The Morgan fingerprint density at radius 2 is 2.10 bits per heavy atom. The molecule has 0 aromatic carbocycles. The van der Waals surface area contributed by atoms with Gasteiger partial charge < -0.3 is 15.4 Å². The molecule has 2 aromatic rings. The van der Waals surface area contributed by atoms with Gasteiger partial charge in [-0.05, 0) is 25.3 Å². The van der Waals surface area contributed by atoms with Crippen molar-refractivity contribution in [1.82, 2.24) is 9.55 Å². The zero-order chi connectivity index (χ0) is 14.9. The molecule has 20 heavy (non-hydrogen) atoms. The van der Waals surface area contributed by atoms with Gasteiger partial charge in [-0.25, -0.2) is 4.57 Å². The average Bonchev–Trinajstić information content (AvgIpc) is 2.63. The number of hydrogen-bond acceptors (Lipinski definition) is 3. The van der Waals surface area contributed by atoms with Crippen molar-refractivity contribution < 1.29 is 9.67 Å². The number of aryl methyl sites for hydroxylation is 2. The van der Waals surface area contributed by atoms with E-state index in [-0.39, 0.29) is 6.61 Å². The Labute approximate surface area is 120 Å². The zero-order valence-electron chi connectivity index (χ0n) is 12.8. The molecule has 0 radical (unpaired) electrons. The second kappa shape index (κ2) is 5.79. The van der Waals surface area contributed by atoms with E-state index in [1.807, 2.05) is 4.57 Å². The van der Waals surface area contributed by atoms with Crippen molar-refractivity contribution in [3.05, 3.63) is 17.6 Å². The van der Waals surface area contributed by atoms with Gasteiger partial charge in [-0.15, -0.1) is 0 Å². The Morgan fingerprint density at radius 3 is 2.70 bits per heavy atom. The number of rotatable bonds is 5. The van der Waals surface area contributed by atoms with Gasteiger partial charge in [0.15, 0.2) is 0 Å². The number of aromatic nitrogens is 3. The summed E-state index contributed by atoms with van der Waals surface area (Å²) in [5.74, 6) is 1.31. The van der Waals surface area contributed by atoms with Gasteiger partial charge in [0.05, 0.1) is 6.54 Å². The van der Waals surface area contributed by atoms with E-state index in [1.165, 1.54) is 11.3 Å². The minimum absolute atomic E-state index is 0.164. The number of fused-ring (bicyclic) bond motifs is 1. The Balaban J connectivity index is 2.58. The van der Waals surface area contributed by atoms with Crippen LogP contribution in [0, 0.1) is 19.8 Å². The summed E-state index contributed by atoms with van der Waals surface area (Å²) < 4.78 is 4.17. The summed E-state index contributed by atoms with van der Waals surface area (Å²) in [4.78, 5) is 4.59. The summed E-state index contributed by atoms with van der Waals surface area (Å²) >= 11 is 0. The molecule has 0 fully saturated rings. The first kappa shape index (κ1) is 14.8. The summed E-state index contributed by atoms with van der Waals surface area (Å²) in [5, 5.41) is 10.0. The maximum Gasteiger partial charge on any atom is 0.232 e. The minimum Gasteiger partial charge on any atom is -0.396 e. The summed E-state index contributed by atoms with van der Waals surface area (Å²) in [7, 11) is 0. The fourth-order valence-corrected chi connectivity index (χ4v) is 2.62. The van der Waals surface area contributed by atoms with Gasteiger partial charge in [-0.1, -0.05) is 18.8 Å². The van der Waals surface area contributed by atoms with Crippen LogP contribution in [0.2, 0.25) is 0 Å². The van der Waals surface area contributed by atoms with Crippen molar-refractivity contribution in [2.45, 2.75) is 47.2 Å². The summed E-state index contributed by atoms with van der Waals surface area (Å²) in [5.41, 5.74) is 9.69. The van der Waals surface area contributed by atoms with Crippen molar-refractivity contribution >= 4 is 16.9 Å². The lowest BCUT2D eigenvalue weighted by Gasteiger charge is -2.09. The number of nitrogens with two attached hydrogens (primary N) is 1. The van der Waals surface area contributed by atoms with Crippen molar-refractivity contribution in [2.24, 2.45) is 5.92 Å². The first-order valence-electron chi connectivity index (χ1n) is 7.21. The molecule has 0 aliphatic rings. The summed E-state index contributed by atoms with van der Waals surface area (Å²) in [6.45, 7) is 10.4. The van der Waals surface area contributed by atoms with Gasteiger partial charge in [0.2, 0.25) is 17.8 Å². The fourth-order valence-electron chi connectivity index (χ4n) is 2.62. The topological polar surface area (TPSA) is 68.0 Å². The van der Waals surface area contributed by atoms with E-state index in [1.54, 1.807) is 6.33 Å². The molecule has 0 amide bonds. The normalized spacial score (nSPS) is 11.7. The van der Waals surface area contributed by atoms with Crippen LogP contribution in [0.15, 0.2) is 6.33 Å². The first-order valence-corrected chi connectivity index (χ1v) is 7.21. The van der Waals surface area contributed by atoms with Gasteiger partial charge in [-0.3, -0.25) is 0 Å². The molecule has 0 aliphatic heterocycles. The van der Waals surface area contributed by atoms with Crippen LogP contribution in [-0.2, 0) is 13.1 Å². The van der Waals surface area contributed by atoms with Gasteiger partial charge >= 0.3 is 0 Å². The van der Waals surface area contributed by atoms with E-state index >= 15 is 0 Å². The molecule has 5 nitrogen and oxygen atoms in total. The number of hydrogen-bond donors (Lipinski definition) is 2. The molecule has 2 rings (SSSR count). The molecule has 3 N–H and O–H groups in total. The Morgan fingerprint density at radius 1 is 1.40 bits per heavy atom. The minimum atomic E-state index is 0.164. The Kier molecular flexibility index (Phi) is 4.28. The molecule has 0 aliphatic carbocycles. The number of nitrogens with zero attached hydrogens (tertiary/aromatic N) is 3. The second-order valence-electron chi connectivity index (χ2n) is 5.81. The summed E-state index contributed by atoms with van der Waals surface area (Å²) in [6.07, 6.45) is 2.47. The highest BCUT2D eigenvalue weighted by Gasteiger charge is 2.21. The number of anilines is 1. The zero-order valence-corrected chi connectivity index (χ0v) is 12.8. The molecule has 2 heterocycles. The van der Waals surface area contributed by atoms with E-state index < -0.39 is 0 Å². The van der Waals surface area contributed by atoms with Crippen molar-refractivity contribution in [1.29, 1.82) is 0 Å². The lowest BCUT2D eigenvalue weighted by molar-refractivity contribution is -0.685. The SMILES string of the molecule is Cc1c(C)n(CC(C)C)c2nc[n+](CCCO)c(N)c12. The van der Waals surface area contributed by atoms with Crippen LogP contribution < -0.4 is 10.3 Å². The molecule has 0 saturated carbocycles. The molecule has 0 atom stereocenters. The lowest BCUT2D eigenvalue weighted by Crippen LogP contribution is -2.38. The maximum atomic E-state index is 8.96. The smallest absolute Gasteiger partial charge is 0.232 e. The van der Waals surface area contributed by atoms with E-state index in [0.717, 1.165) is 23.4 Å². The van der Waals surface area contributed by atoms with Gasteiger partial charge in [0.1, 0.15) is 5.39 Å². The molecule has 0 unspecified atom stereocenters. The van der Waals surface area contributed by atoms with E-state index in [2.05, 4.69) is 37.2 Å². The number of aliphatic hydroxyl groups excluding tert-OH is 1. The van der Waals surface area contributed by atoms with E-state index in [9.17, 15) is 0 Å². The Bertz CT molecular complexity index is 616. The molecule has 0 bridgehead atoms. The predicted molar refractivity (Wildman–Crippen MR) is 80.4 cm³/mol. The van der Waals surface area contributed by atoms with Crippen LogP contribution in [0.3, 0.4) is 0 Å². The van der Waals surface area contributed by atoms with Crippen LogP contribution in [-0.4, -0.2) is 21.3 Å². The van der Waals surface area contributed by atoms with Crippen LogP contribution >= 0.6 is 0 Å². The molecule has 110 valence electrons. The monoisotopic (exact) mass is 277 g/mol. The third-order valence-electron chi connectivity index (χ3n) is 3.79. The average molecular weight is 277 g/mol. The van der Waals surface area contributed by atoms with Gasteiger partial charge in [-0.2, -0.15) is 0 Å². The van der Waals surface area contributed by atoms with Crippen LogP contribution in [0.4, 0.5) is 5.82 Å². The highest BCUT2D eigenvalue weighted by molar-refractivity contribution is 5.89. The molecule has 0 spiro atoms. The van der Waals surface area contributed by atoms with Gasteiger partial charge in [0, 0.05) is 25.3 Å². The molecule has 5 heteroatoms. The van der Waals surface area contributed by atoms with E-state index in [0.29, 0.717) is 18.9 Å². The van der Waals surface area contributed by atoms with Gasteiger partial charge in [0.25, 0.3) is 0 Å². The summed E-state index contributed by atoms with van der Waals surface area (Å²) in [6, 6.07) is 0. The molecule has 2 aromatic heterocycles. The van der Waals surface area contributed by atoms with Crippen molar-refractivity contribution in [3.63, 3.8) is 0 Å². The number of nitrogen functional groups attached to an aromatic ring is 1. The predicted octanol–water partition coefficient (Wildman–Crippen LogP) is 1.56. The van der Waals surface area contributed by atoms with Crippen molar-refractivity contribution in [3.8, 4) is 0 Å². The lowest BCUT2D eigenvalue weighted by atomic mass is 10.2. The second-order valence-corrected chi connectivity index (χ2v) is 5.81. The maximum absolute atomic E-state index is 8.96. The largest absolute Gasteiger partial charge is 0.396 e. The third-order valence-corrected chi connectivity index (χ3v) is 3.79. The highest BCUT2D eigenvalue weighted by Crippen LogP contribution is 2.27. The standard InChI is InChI=1S/C15H24N4O/c1-10(2)8-19-12(4)11(3)13-14(16)18(6-5-7-20)9-17-15(13)19/h9-10,16,20H,5-8H2,1-4H3/p+1. The molecule has 0 saturated heterocycles. The molecular weight excluding hydrogens is 252 g/mol. The first-order chi connectivity index (χ1) is 9.47. The fraction of sp³-hybridized carbons (Fsp3) is 0.600. The van der Waals surface area contributed by atoms with Crippen LogP contribution in [0.25, 0.3) is 11.0 Å². The quantitative estimate of drug-likeness (QED) is 0.815. The Hall–Kier alpha value is -1.62. The highest BCUT2D eigenvalue weighted by atomic mass is 16.3. The van der Waals surface area contributed by atoms with Crippen LogP contribution in [0.5, 0.6) is 0 Å². The molecular formula is C15H25N4O+. The number of aliphatic hydroxyl groups is 1. The third kappa shape index (κ3) is 2.50. The van der Waals surface area contributed by atoms with E-state index in [4.69, 9.17) is 10.8 Å². The van der Waals surface area contributed by atoms with Crippen molar-refractivity contribution in [2.75, 3.05) is 12.3 Å². The van der Waals surface area contributed by atoms with Crippen LogP contribution in [0.1, 0.15) is 31.5 Å².